The molecule has 0 amide bonds. The van der Waals surface area contributed by atoms with Crippen LogP contribution in [0, 0.1) is 0 Å². The van der Waals surface area contributed by atoms with Gasteiger partial charge in [-0.15, -0.1) is 0 Å². The van der Waals surface area contributed by atoms with Gasteiger partial charge in [0.2, 0.25) is 5.95 Å². The summed E-state index contributed by atoms with van der Waals surface area (Å²) >= 11 is 0. The molecule has 10 rings (SSSR count). The predicted octanol–water partition coefficient (Wildman–Crippen LogP) is 11.1. The Labute approximate surface area is 302 Å². The summed E-state index contributed by atoms with van der Waals surface area (Å²) in [7, 11) is 0. The highest BCUT2D eigenvalue weighted by molar-refractivity contribution is 6.28. The van der Waals surface area contributed by atoms with Gasteiger partial charge in [-0.25, -0.2) is 4.98 Å². The van der Waals surface area contributed by atoms with E-state index in [4.69, 9.17) is 23.7 Å². The zero-order chi connectivity index (χ0) is 41.7. The van der Waals surface area contributed by atoms with Crippen LogP contribution in [0.2, 0.25) is 0 Å². The molecule has 7 aromatic carbocycles. The highest BCUT2D eigenvalue weighted by atomic mass is 15.2. The van der Waals surface area contributed by atoms with Crippen molar-refractivity contribution in [3.63, 3.8) is 0 Å². The molecule has 0 aliphatic heterocycles. The van der Waals surface area contributed by atoms with Crippen molar-refractivity contribution in [2.45, 2.75) is 0 Å². The molecule has 0 saturated heterocycles. The van der Waals surface area contributed by atoms with Crippen molar-refractivity contribution in [1.29, 1.82) is 0 Å². The fraction of sp³-hybridized carbons (Fsp3) is 0. The second-order valence-corrected chi connectivity index (χ2v) is 11.8. The van der Waals surface area contributed by atoms with Gasteiger partial charge in [-0.05, 0) is 47.5 Å². The van der Waals surface area contributed by atoms with Gasteiger partial charge in [-0.1, -0.05) is 139 Å². The van der Waals surface area contributed by atoms with Gasteiger partial charge in [-0.3, -0.25) is 4.57 Å². The molecular formula is C45H29N5. The predicted molar refractivity (Wildman–Crippen MR) is 205 cm³/mol. The van der Waals surface area contributed by atoms with Crippen LogP contribution in [0.3, 0.4) is 0 Å². The highest BCUT2D eigenvalue weighted by Gasteiger charge is 2.22. The maximum atomic E-state index is 8.79. The zero-order valence-electron chi connectivity index (χ0n) is 36.2. The standard InChI is InChI=1S/C45H29N5/c1-4-14-30(15-5-1)31-24-26-34(27-25-31)49-37-22-12-10-20-35(37)41-39(49)28-29-40-42(41)36-21-11-13-23-38(36)50(40)45-47-43(32-16-6-2-7-17-32)46-44(48-45)33-18-8-3-9-19-33/h1-29H/i2D,3D,6D,7D,8D,9D,16D,17D,18D,19D. The summed E-state index contributed by atoms with van der Waals surface area (Å²) in [5.74, 6) is -0.720. The number of rotatable bonds is 5. The van der Waals surface area contributed by atoms with Gasteiger partial charge in [0.05, 0.1) is 35.8 Å². The van der Waals surface area contributed by atoms with Gasteiger partial charge in [0, 0.05) is 38.4 Å². The summed E-state index contributed by atoms with van der Waals surface area (Å²) in [4.78, 5) is 14.0. The molecular weight excluding hydrogens is 611 g/mol. The number of benzene rings is 7. The second-order valence-electron chi connectivity index (χ2n) is 11.8. The lowest BCUT2D eigenvalue weighted by molar-refractivity contribution is 0.953. The van der Waals surface area contributed by atoms with Crippen molar-refractivity contribution in [3.05, 3.63) is 176 Å². The van der Waals surface area contributed by atoms with Gasteiger partial charge in [0.15, 0.2) is 11.6 Å². The van der Waals surface area contributed by atoms with Crippen LogP contribution >= 0.6 is 0 Å². The van der Waals surface area contributed by atoms with E-state index in [0.29, 0.717) is 11.0 Å². The number of hydrogen-bond acceptors (Lipinski definition) is 3. The number of aromatic nitrogens is 5. The van der Waals surface area contributed by atoms with Crippen LogP contribution < -0.4 is 0 Å². The molecule has 0 atom stereocenters. The number of hydrogen-bond donors (Lipinski definition) is 0. The molecule has 0 fully saturated rings. The van der Waals surface area contributed by atoms with E-state index in [1.54, 1.807) is 4.57 Å². The maximum Gasteiger partial charge on any atom is 0.238 e. The van der Waals surface area contributed by atoms with E-state index in [2.05, 4.69) is 58.1 Å². The number of nitrogens with zero attached hydrogens (tertiary/aromatic N) is 5. The Kier molecular flexibility index (Phi) is 4.52. The molecule has 10 aromatic rings. The molecule has 5 nitrogen and oxygen atoms in total. The van der Waals surface area contributed by atoms with Gasteiger partial charge < -0.3 is 4.57 Å². The fourth-order valence-electron chi connectivity index (χ4n) is 6.86. The lowest BCUT2D eigenvalue weighted by Crippen LogP contribution is -2.06. The van der Waals surface area contributed by atoms with Crippen LogP contribution in [0.1, 0.15) is 13.7 Å². The summed E-state index contributed by atoms with van der Waals surface area (Å²) in [6, 6.07) is 32.5. The molecule has 0 radical (unpaired) electrons. The van der Waals surface area contributed by atoms with Crippen LogP contribution in [0.15, 0.2) is 176 Å². The minimum absolute atomic E-state index is 0.0561. The van der Waals surface area contributed by atoms with Gasteiger partial charge in [0.1, 0.15) is 0 Å². The van der Waals surface area contributed by atoms with Crippen molar-refractivity contribution in [3.8, 4) is 45.5 Å². The van der Waals surface area contributed by atoms with Crippen LogP contribution in [0.4, 0.5) is 0 Å². The first-order valence-electron chi connectivity index (χ1n) is 21.0. The quantitative estimate of drug-likeness (QED) is 0.186. The monoisotopic (exact) mass is 649 g/mol. The van der Waals surface area contributed by atoms with Crippen molar-refractivity contribution >= 4 is 43.6 Å². The van der Waals surface area contributed by atoms with Crippen LogP contribution in [-0.2, 0) is 0 Å². The molecule has 3 aromatic heterocycles. The van der Waals surface area contributed by atoms with E-state index in [9.17, 15) is 0 Å². The molecule has 0 bridgehead atoms. The Bertz CT molecular complexity index is 3290. The van der Waals surface area contributed by atoms with E-state index in [1.165, 1.54) is 0 Å². The van der Waals surface area contributed by atoms with E-state index in [1.807, 2.05) is 66.7 Å². The summed E-state index contributed by atoms with van der Waals surface area (Å²) in [5.41, 5.74) is 5.76. The van der Waals surface area contributed by atoms with E-state index < -0.39 is 60.4 Å². The lowest BCUT2D eigenvalue weighted by Gasteiger charge is -2.11. The second kappa shape index (κ2) is 11.4. The molecule has 50 heavy (non-hydrogen) atoms. The number of para-hydroxylation sites is 2. The molecule has 0 saturated carbocycles. The van der Waals surface area contributed by atoms with Gasteiger partial charge >= 0.3 is 0 Å². The molecule has 0 unspecified atom stereocenters. The first-order chi connectivity index (χ1) is 29.0. The fourth-order valence-corrected chi connectivity index (χ4v) is 6.86. The van der Waals surface area contributed by atoms with Crippen LogP contribution in [0.25, 0.3) is 89.2 Å². The molecule has 5 heteroatoms. The SMILES string of the molecule is [2H]c1c([2H])c([2H])c(-c2nc(-c3c([2H])c([2H])c([2H])c([2H])c3[2H])nc(-n3c4ccccc4c4c5c6ccccc6n(-c6ccc(-c7ccccc7)cc6)c5ccc43)n2)c([2H])c1[2H]. The first-order valence-corrected chi connectivity index (χ1v) is 16.0. The van der Waals surface area contributed by atoms with E-state index >= 15 is 0 Å². The summed E-state index contributed by atoms with van der Waals surface area (Å²) < 4.78 is 89.1. The minimum atomic E-state index is -0.609. The van der Waals surface area contributed by atoms with Crippen molar-refractivity contribution in [2.24, 2.45) is 0 Å². The zero-order valence-corrected chi connectivity index (χ0v) is 26.2. The Balaban J connectivity index is 1.29. The van der Waals surface area contributed by atoms with E-state index in [0.717, 1.165) is 49.4 Å². The molecule has 0 N–H and O–H groups in total. The molecule has 0 aliphatic rings. The average molecular weight is 650 g/mol. The molecule has 3 heterocycles. The third kappa shape index (κ3) is 4.45. The lowest BCUT2D eigenvalue weighted by atomic mass is 10.1. The molecule has 0 aliphatic carbocycles. The Morgan fingerprint density at radius 3 is 1.44 bits per heavy atom. The average Bonchev–Trinajstić information content (AvgIpc) is 3.79. The van der Waals surface area contributed by atoms with Crippen LogP contribution in [-0.4, -0.2) is 24.1 Å². The largest absolute Gasteiger partial charge is 0.309 e. The number of fused-ring (bicyclic) bond motifs is 7. The van der Waals surface area contributed by atoms with Gasteiger partial charge in [0.25, 0.3) is 0 Å². The smallest absolute Gasteiger partial charge is 0.238 e. The topological polar surface area (TPSA) is 48.5 Å². The third-order valence-corrected chi connectivity index (χ3v) is 8.98. The Morgan fingerprint density at radius 1 is 0.380 bits per heavy atom. The minimum Gasteiger partial charge on any atom is -0.309 e. The molecule has 234 valence electrons. The van der Waals surface area contributed by atoms with Crippen LogP contribution in [0.5, 0.6) is 0 Å². The summed E-state index contributed by atoms with van der Waals surface area (Å²) in [6.45, 7) is 0. The normalized spacial score (nSPS) is 14.4. The third-order valence-electron chi connectivity index (χ3n) is 8.98. The van der Waals surface area contributed by atoms with Crippen molar-refractivity contribution < 1.29 is 13.7 Å². The van der Waals surface area contributed by atoms with E-state index in [-0.39, 0.29) is 28.7 Å². The van der Waals surface area contributed by atoms with Gasteiger partial charge in [-0.2, -0.15) is 9.97 Å². The Morgan fingerprint density at radius 2 is 0.860 bits per heavy atom. The van der Waals surface area contributed by atoms with Crippen molar-refractivity contribution in [2.75, 3.05) is 0 Å². The summed E-state index contributed by atoms with van der Waals surface area (Å²) in [6.07, 6.45) is 0. The highest BCUT2D eigenvalue weighted by Crippen LogP contribution is 2.42. The molecule has 0 spiro atoms. The summed E-state index contributed by atoms with van der Waals surface area (Å²) in [5, 5.41) is 3.65. The van der Waals surface area contributed by atoms with Crippen molar-refractivity contribution in [1.82, 2.24) is 24.1 Å². The Hall–Kier alpha value is -6.85. The first kappa shape index (κ1) is 19.8. The maximum absolute atomic E-state index is 8.79.